The molecule has 30 heavy (non-hydrogen) atoms. The molecule has 2 N–H and O–H groups in total. The Morgan fingerprint density at radius 2 is 1.90 bits per heavy atom. The van der Waals surface area contributed by atoms with E-state index in [1.54, 1.807) is 30.3 Å². The van der Waals surface area contributed by atoms with E-state index in [4.69, 9.17) is 18.9 Å². The van der Waals surface area contributed by atoms with Crippen molar-refractivity contribution in [2.75, 3.05) is 20.8 Å². The molecule has 0 spiro atoms. The summed E-state index contributed by atoms with van der Waals surface area (Å²) < 4.78 is 22.4. The van der Waals surface area contributed by atoms with Gasteiger partial charge in [0.15, 0.2) is 23.0 Å². The molecule has 0 fully saturated rings. The van der Waals surface area contributed by atoms with Crippen LogP contribution in [0.2, 0.25) is 0 Å². The number of phenolic OH excluding ortho intramolecular Hbond substituents is 1. The summed E-state index contributed by atoms with van der Waals surface area (Å²) in [7, 11) is 3.00. The third-order valence-corrected chi connectivity index (χ3v) is 4.60. The van der Waals surface area contributed by atoms with E-state index in [-0.39, 0.29) is 17.3 Å². The Balaban J connectivity index is 2.19. The van der Waals surface area contributed by atoms with Gasteiger partial charge in [0, 0.05) is 5.56 Å². The maximum absolute atomic E-state index is 11.1. The molecule has 2 aromatic carbocycles. The standard InChI is InChI=1S/C24H24O6/c1-6-16(8-7-14(2)25)18-12-21(27-4)22(23(26)24(18)28-5)17-9-10-19-20(11-17)30-15(3)13-29-19/h6-12,25-26H,2-3,13H2,1,4-5H3/b8-7-,16-6+. The summed E-state index contributed by atoms with van der Waals surface area (Å²) in [6, 6.07) is 7.09. The van der Waals surface area contributed by atoms with E-state index in [2.05, 4.69) is 13.2 Å². The fourth-order valence-corrected chi connectivity index (χ4v) is 3.22. The molecule has 0 amide bonds. The first kappa shape index (κ1) is 20.9. The Bertz CT molecular complexity index is 1060. The smallest absolute Gasteiger partial charge is 0.170 e. The summed E-state index contributed by atoms with van der Waals surface area (Å²) in [5.74, 6) is 2.14. The Kier molecular flexibility index (Phi) is 6.06. The lowest BCUT2D eigenvalue weighted by atomic mass is 9.95. The number of aliphatic hydroxyl groups is 1. The fourth-order valence-electron chi connectivity index (χ4n) is 3.22. The SMILES string of the molecule is C=C(O)/C=C\C(=C/C)c1cc(OC)c(-c2ccc3c(c2)OC(=C)CO3)c(O)c1OC. The van der Waals surface area contributed by atoms with E-state index in [1.807, 2.05) is 13.0 Å². The number of aromatic hydroxyl groups is 1. The number of hydrogen-bond donors (Lipinski definition) is 2. The van der Waals surface area contributed by atoms with Gasteiger partial charge in [0.1, 0.15) is 23.9 Å². The van der Waals surface area contributed by atoms with Crippen molar-refractivity contribution in [3.05, 3.63) is 72.7 Å². The molecule has 2 aromatic rings. The fraction of sp³-hybridized carbons (Fsp3) is 0.167. The van der Waals surface area contributed by atoms with Gasteiger partial charge in [0.2, 0.25) is 0 Å². The van der Waals surface area contributed by atoms with Crippen LogP contribution >= 0.6 is 0 Å². The molecular weight excluding hydrogens is 384 g/mol. The number of allylic oxidation sites excluding steroid dienone is 4. The summed E-state index contributed by atoms with van der Waals surface area (Å²) in [6.45, 7) is 9.37. The molecule has 1 aliphatic heterocycles. The predicted octanol–water partition coefficient (Wildman–Crippen LogP) is 5.39. The summed E-state index contributed by atoms with van der Waals surface area (Å²) in [4.78, 5) is 0. The molecule has 0 bridgehead atoms. The Morgan fingerprint density at radius 1 is 1.13 bits per heavy atom. The quantitative estimate of drug-likeness (QED) is 0.493. The molecule has 3 rings (SSSR count). The van der Waals surface area contributed by atoms with Gasteiger partial charge in [-0.15, -0.1) is 0 Å². The zero-order valence-electron chi connectivity index (χ0n) is 17.2. The first-order valence-electron chi connectivity index (χ1n) is 9.23. The van der Waals surface area contributed by atoms with Gasteiger partial charge in [-0.25, -0.2) is 0 Å². The Hall–Kier alpha value is -3.80. The molecule has 0 saturated carbocycles. The molecule has 0 aromatic heterocycles. The van der Waals surface area contributed by atoms with E-state index in [0.717, 1.165) is 0 Å². The molecule has 1 heterocycles. The molecule has 156 valence electrons. The van der Waals surface area contributed by atoms with Crippen molar-refractivity contribution in [1.82, 2.24) is 0 Å². The van der Waals surface area contributed by atoms with Crippen LogP contribution in [0.4, 0.5) is 0 Å². The van der Waals surface area contributed by atoms with E-state index in [0.29, 0.717) is 51.9 Å². The maximum Gasteiger partial charge on any atom is 0.170 e. The van der Waals surface area contributed by atoms with Gasteiger partial charge in [-0.2, -0.15) is 0 Å². The van der Waals surface area contributed by atoms with Crippen LogP contribution in [0.5, 0.6) is 28.7 Å². The zero-order valence-corrected chi connectivity index (χ0v) is 17.2. The minimum Gasteiger partial charge on any atom is -0.509 e. The Labute approximate surface area is 175 Å². The summed E-state index contributed by atoms with van der Waals surface area (Å²) >= 11 is 0. The summed E-state index contributed by atoms with van der Waals surface area (Å²) in [6.07, 6.45) is 4.96. The number of rotatable bonds is 6. The van der Waals surface area contributed by atoms with Crippen LogP contribution in [0.15, 0.2) is 67.2 Å². The van der Waals surface area contributed by atoms with Crippen molar-refractivity contribution in [3.63, 3.8) is 0 Å². The second-order valence-electron chi connectivity index (χ2n) is 6.54. The van der Waals surface area contributed by atoms with Gasteiger partial charge in [0.05, 0.1) is 19.8 Å². The average Bonchev–Trinajstić information content (AvgIpc) is 2.73. The van der Waals surface area contributed by atoms with E-state index < -0.39 is 0 Å². The normalized spacial score (nSPS) is 13.4. The zero-order chi connectivity index (χ0) is 21.8. The molecule has 0 unspecified atom stereocenters. The average molecular weight is 408 g/mol. The van der Waals surface area contributed by atoms with Crippen LogP contribution in [0.25, 0.3) is 16.7 Å². The second-order valence-corrected chi connectivity index (χ2v) is 6.54. The van der Waals surface area contributed by atoms with Crippen molar-refractivity contribution >= 4 is 5.57 Å². The lowest BCUT2D eigenvalue weighted by Crippen LogP contribution is -2.12. The first-order valence-corrected chi connectivity index (χ1v) is 9.23. The van der Waals surface area contributed by atoms with E-state index in [9.17, 15) is 10.2 Å². The molecule has 6 nitrogen and oxygen atoms in total. The first-order chi connectivity index (χ1) is 14.4. The predicted molar refractivity (Wildman–Crippen MR) is 116 cm³/mol. The van der Waals surface area contributed by atoms with Gasteiger partial charge in [0.25, 0.3) is 0 Å². The highest BCUT2D eigenvalue weighted by atomic mass is 16.6. The molecule has 1 aliphatic rings. The topological polar surface area (TPSA) is 77.4 Å². The number of aliphatic hydroxyl groups excluding tert-OH is 1. The van der Waals surface area contributed by atoms with E-state index >= 15 is 0 Å². The number of fused-ring (bicyclic) bond motifs is 1. The van der Waals surface area contributed by atoms with Crippen molar-refractivity contribution in [3.8, 4) is 39.9 Å². The minimum absolute atomic E-state index is 0.0843. The number of benzene rings is 2. The van der Waals surface area contributed by atoms with Crippen molar-refractivity contribution < 1.29 is 29.2 Å². The molecule has 0 aliphatic carbocycles. The van der Waals surface area contributed by atoms with Crippen LogP contribution < -0.4 is 18.9 Å². The highest BCUT2D eigenvalue weighted by Gasteiger charge is 2.24. The summed E-state index contributed by atoms with van der Waals surface area (Å²) in [5.41, 5.74) is 2.42. The van der Waals surface area contributed by atoms with E-state index in [1.165, 1.54) is 20.3 Å². The van der Waals surface area contributed by atoms with Crippen LogP contribution in [0.1, 0.15) is 12.5 Å². The maximum atomic E-state index is 11.1. The van der Waals surface area contributed by atoms with Gasteiger partial charge < -0.3 is 29.2 Å². The monoisotopic (exact) mass is 408 g/mol. The highest BCUT2D eigenvalue weighted by molar-refractivity contribution is 5.88. The van der Waals surface area contributed by atoms with Crippen LogP contribution in [-0.4, -0.2) is 31.0 Å². The third kappa shape index (κ3) is 3.98. The number of ether oxygens (including phenoxy) is 4. The van der Waals surface area contributed by atoms with Gasteiger partial charge in [-0.3, -0.25) is 0 Å². The van der Waals surface area contributed by atoms with Crippen LogP contribution in [0, 0.1) is 0 Å². The van der Waals surface area contributed by atoms with Crippen molar-refractivity contribution in [2.45, 2.75) is 6.92 Å². The molecule has 6 heteroatoms. The largest absolute Gasteiger partial charge is 0.509 e. The number of methoxy groups -OCH3 is 2. The number of hydrogen-bond acceptors (Lipinski definition) is 6. The van der Waals surface area contributed by atoms with Crippen molar-refractivity contribution in [1.29, 1.82) is 0 Å². The second kappa shape index (κ2) is 8.69. The molecule has 0 radical (unpaired) electrons. The molecule has 0 saturated heterocycles. The minimum atomic E-state index is -0.0853. The van der Waals surface area contributed by atoms with Gasteiger partial charge in [-0.1, -0.05) is 31.4 Å². The summed E-state index contributed by atoms with van der Waals surface area (Å²) in [5, 5.41) is 20.5. The van der Waals surface area contributed by atoms with Crippen molar-refractivity contribution in [2.24, 2.45) is 0 Å². The molecular formula is C24H24O6. The van der Waals surface area contributed by atoms with Gasteiger partial charge in [-0.05, 0) is 42.3 Å². The highest BCUT2D eigenvalue weighted by Crippen LogP contribution is 2.49. The number of phenols is 1. The van der Waals surface area contributed by atoms with Gasteiger partial charge >= 0.3 is 0 Å². The van der Waals surface area contributed by atoms with Crippen LogP contribution in [-0.2, 0) is 0 Å². The van der Waals surface area contributed by atoms with Crippen LogP contribution in [0.3, 0.4) is 0 Å². The lowest BCUT2D eigenvalue weighted by molar-refractivity contribution is 0.233. The Morgan fingerprint density at radius 3 is 2.53 bits per heavy atom. The third-order valence-electron chi connectivity index (χ3n) is 4.60. The molecule has 0 atom stereocenters. The lowest BCUT2D eigenvalue weighted by Gasteiger charge is -2.22.